The molecule has 0 fully saturated rings. The van der Waals surface area contributed by atoms with Crippen LogP contribution in [0.1, 0.15) is 16.1 Å². The number of halogens is 3. The van der Waals surface area contributed by atoms with E-state index in [-0.39, 0.29) is 24.6 Å². The Kier molecular flexibility index (Phi) is 4.10. The fourth-order valence-electron chi connectivity index (χ4n) is 1.67. The van der Waals surface area contributed by atoms with Crippen LogP contribution < -0.4 is 5.32 Å². The molecule has 2 N–H and O–H groups in total. The first-order valence-corrected chi connectivity index (χ1v) is 5.89. The van der Waals surface area contributed by atoms with Gasteiger partial charge in [0.25, 0.3) is 0 Å². The Hall–Kier alpha value is -2.58. The number of aromatic nitrogens is 3. The normalized spacial score (nSPS) is 11.4. The minimum absolute atomic E-state index is 0.121. The molecule has 2 aromatic heterocycles. The summed E-state index contributed by atoms with van der Waals surface area (Å²) in [5, 5.41) is 11.3. The quantitative estimate of drug-likeness (QED) is 0.884. The molecule has 112 valence electrons. The van der Waals surface area contributed by atoms with Gasteiger partial charge in [-0.15, -0.1) is 0 Å². The largest absolute Gasteiger partial charge is 0.476 e. The number of aromatic carboxylic acids is 1. The van der Waals surface area contributed by atoms with E-state index in [4.69, 9.17) is 5.11 Å². The number of carbonyl (C=O) groups is 1. The second-order valence-electron chi connectivity index (χ2n) is 4.13. The Balaban J connectivity index is 1.99. The lowest BCUT2D eigenvalue weighted by Crippen LogP contribution is -2.15. The average Bonchev–Trinajstić information content (AvgIpc) is 2.87. The van der Waals surface area contributed by atoms with Crippen molar-refractivity contribution in [3.63, 3.8) is 0 Å². The number of anilines is 1. The van der Waals surface area contributed by atoms with Crippen LogP contribution in [0.3, 0.4) is 0 Å². The van der Waals surface area contributed by atoms with Crippen LogP contribution in [0.5, 0.6) is 0 Å². The van der Waals surface area contributed by atoms with Gasteiger partial charge in [0.2, 0.25) is 0 Å². The Labute approximate surface area is 117 Å². The zero-order valence-corrected chi connectivity index (χ0v) is 10.6. The first-order valence-electron chi connectivity index (χ1n) is 5.89. The highest BCUT2D eigenvalue weighted by molar-refractivity contribution is 5.84. The molecule has 0 aromatic carbocycles. The summed E-state index contributed by atoms with van der Waals surface area (Å²) in [4.78, 5) is 17.9. The number of nitrogens with one attached hydrogen (secondary N) is 1. The molecular formula is C12H11F3N4O2. The van der Waals surface area contributed by atoms with Crippen LogP contribution in [-0.2, 0) is 12.7 Å². The first-order chi connectivity index (χ1) is 9.88. The fourth-order valence-corrected chi connectivity index (χ4v) is 1.67. The van der Waals surface area contributed by atoms with E-state index < -0.39 is 17.7 Å². The number of imidazole rings is 1. The van der Waals surface area contributed by atoms with Crippen molar-refractivity contribution in [1.29, 1.82) is 0 Å². The minimum Gasteiger partial charge on any atom is -0.476 e. The van der Waals surface area contributed by atoms with Gasteiger partial charge in [0.1, 0.15) is 5.82 Å². The molecule has 2 heterocycles. The number of nitrogens with zero attached hydrogens (tertiary/aromatic N) is 3. The number of alkyl halides is 3. The molecule has 0 aliphatic heterocycles. The Morgan fingerprint density at radius 3 is 2.76 bits per heavy atom. The number of pyridine rings is 1. The molecule has 0 radical (unpaired) electrons. The molecule has 0 aliphatic carbocycles. The van der Waals surface area contributed by atoms with E-state index in [1.54, 1.807) is 0 Å². The molecule has 9 heteroatoms. The highest BCUT2D eigenvalue weighted by Gasteiger charge is 2.33. The van der Waals surface area contributed by atoms with Crippen LogP contribution in [-0.4, -0.2) is 32.2 Å². The average molecular weight is 300 g/mol. The van der Waals surface area contributed by atoms with Gasteiger partial charge in [-0.2, -0.15) is 13.2 Å². The first kappa shape index (κ1) is 14.8. The third-order valence-corrected chi connectivity index (χ3v) is 2.63. The summed E-state index contributed by atoms with van der Waals surface area (Å²) in [5.41, 5.74) is -0.967. The smallest absolute Gasteiger partial charge is 0.419 e. The van der Waals surface area contributed by atoms with Crippen LogP contribution in [0.2, 0.25) is 0 Å². The fraction of sp³-hybridized carbons (Fsp3) is 0.250. The van der Waals surface area contributed by atoms with Crippen LogP contribution in [0.25, 0.3) is 0 Å². The van der Waals surface area contributed by atoms with Gasteiger partial charge in [-0.05, 0) is 12.1 Å². The molecule has 0 atom stereocenters. The summed E-state index contributed by atoms with van der Waals surface area (Å²) in [6.45, 7) is 0.406. The SMILES string of the molecule is O=C(O)c1cn(CCNc2ncccc2C(F)(F)F)cn1. The lowest BCUT2D eigenvalue weighted by atomic mass is 10.2. The van der Waals surface area contributed by atoms with Crippen molar-refractivity contribution in [1.82, 2.24) is 14.5 Å². The summed E-state index contributed by atoms with van der Waals surface area (Å²) >= 11 is 0. The topological polar surface area (TPSA) is 80.0 Å². The third-order valence-electron chi connectivity index (χ3n) is 2.63. The van der Waals surface area contributed by atoms with Gasteiger partial charge in [0.05, 0.1) is 11.9 Å². The van der Waals surface area contributed by atoms with Gasteiger partial charge >= 0.3 is 12.1 Å². The summed E-state index contributed by atoms with van der Waals surface area (Å²) < 4.78 is 39.7. The maximum absolute atomic E-state index is 12.7. The molecule has 0 saturated carbocycles. The third kappa shape index (κ3) is 3.71. The highest BCUT2D eigenvalue weighted by atomic mass is 19.4. The molecule has 0 aliphatic rings. The van der Waals surface area contributed by atoms with E-state index in [0.717, 1.165) is 6.07 Å². The number of carboxylic acids is 1. The van der Waals surface area contributed by atoms with E-state index in [9.17, 15) is 18.0 Å². The number of rotatable bonds is 5. The maximum atomic E-state index is 12.7. The number of hydrogen-bond acceptors (Lipinski definition) is 4. The molecule has 6 nitrogen and oxygen atoms in total. The van der Waals surface area contributed by atoms with Crippen molar-refractivity contribution in [2.24, 2.45) is 0 Å². The summed E-state index contributed by atoms with van der Waals surface area (Å²) in [6.07, 6.45) is -0.624. The van der Waals surface area contributed by atoms with Crippen molar-refractivity contribution in [3.8, 4) is 0 Å². The van der Waals surface area contributed by atoms with Gasteiger partial charge < -0.3 is 15.0 Å². The van der Waals surface area contributed by atoms with Crippen molar-refractivity contribution in [2.75, 3.05) is 11.9 Å². The van der Waals surface area contributed by atoms with E-state index in [1.807, 2.05) is 0 Å². The van der Waals surface area contributed by atoms with Gasteiger partial charge in [-0.1, -0.05) is 0 Å². The summed E-state index contributed by atoms with van der Waals surface area (Å²) in [6, 6.07) is 2.15. The van der Waals surface area contributed by atoms with E-state index in [0.29, 0.717) is 0 Å². The van der Waals surface area contributed by atoms with Gasteiger partial charge in [-0.25, -0.2) is 14.8 Å². The number of carboxylic acid groups (broad SMARTS) is 1. The second kappa shape index (κ2) is 5.81. The minimum atomic E-state index is -4.48. The predicted molar refractivity (Wildman–Crippen MR) is 66.9 cm³/mol. The summed E-state index contributed by atoms with van der Waals surface area (Å²) in [7, 11) is 0. The van der Waals surface area contributed by atoms with Crippen molar-refractivity contribution < 1.29 is 23.1 Å². The lowest BCUT2D eigenvalue weighted by Gasteiger charge is -2.13. The van der Waals surface area contributed by atoms with Crippen LogP contribution in [0.15, 0.2) is 30.9 Å². The monoisotopic (exact) mass is 300 g/mol. The molecule has 0 amide bonds. The van der Waals surface area contributed by atoms with Gasteiger partial charge in [0, 0.05) is 25.5 Å². The Bertz CT molecular complexity index is 639. The standard InChI is InChI=1S/C12H11F3N4O2/c13-12(14,15)8-2-1-3-16-10(8)17-4-5-19-6-9(11(20)21)18-7-19/h1-3,6-7H,4-5H2,(H,16,17)(H,20,21). The molecule has 0 unspecified atom stereocenters. The predicted octanol–water partition coefficient (Wildman–Crippen LogP) is 2.11. The van der Waals surface area contributed by atoms with Crippen LogP contribution in [0.4, 0.5) is 19.0 Å². The molecule has 0 bridgehead atoms. The maximum Gasteiger partial charge on any atom is 0.419 e. The summed E-state index contributed by atoms with van der Waals surface area (Å²) in [5.74, 6) is -1.42. The Morgan fingerprint density at radius 1 is 1.38 bits per heavy atom. The highest BCUT2D eigenvalue weighted by Crippen LogP contribution is 2.33. The van der Waals surface area contributed by atoms with E-state index in [1.165, 1.54) is 29.4 Å². The zero-order valence-electron chi connectivity index (χ0n) is 10.6. The van der Waals surface area contributed by atoms with Crippen LogP contribution in [0, 0.1) is 0 Å². The molecule has 2 aromatic rings. The Morgan fingerprint density at radius 2 is 2.14 bits per heavy atom. The van der Waals surface area contributed by atoms with Crippen LogP contribution >= 0.6 is 0 Å². The molecule has 21 heavy (non-hydrogen) atoms. The number of hydrogen-bond donors (Lipinski definition) is 2. The van der Waals surface area contributed by atoms with E-state index >= 15 is 0 Å². The molecule has 0 saturated heterocycles. The van der Waals surface area contributed by atoms with Gasteiger partial charge in [-0.3, -0.25) is 0 Å². The van der Waals surface area contributed by atoms with Crippen molar-refractivity contribution >= 4 is 11.8 Å². The van der Waals surface area contributed by atoms with E-state index in [2.05, 4.69) is 15.3 Å². The lowest BCUT2D eigenvalue weighted by molar-refractivity contribution is -0.137. The molecule has 2 rings (SSSR count). The zero-order chi connectivity index (χ0) is 15.5. The van der Waals surface area contributed by atoms with Crippen molar-refractivity contribution in [2.45, 2.75) is 12.7 Å². The van der Waals surface area contributed by atoms with Gasteiger partial charge in [0.15, 0.2) is 5.69 Å². The second-order valence-corrected chi connectivity index (χ2v) is 4.13. The molecule has 0 spiro atoms. The van der Waals surface area contributed by atoms with Crippen molar-refractivity contribution in [3.05, 3.63) is 42.1 Å². The molecular weight excluding hydrogens is 289 g/mol.